The molecule has 1 amide bonds. The van der Waals surface area contributed by atoms with E-state index in [-0.39, 0.29) is 24.9 Å². The van der Waals surface area contributed by atoms with E-state index in [2.05, 4.69) is 10.1 Å². The van der Waals surface area contributed by atoms with Crippen molar-refractivity contribution in [3.8, 4) is 5.75 Å². The first-order valence-electron chi connectivity index (χ1n) is 13.1. The van der Waals surface area contributed by atoms with E-state index >= 15 is 0 Å². The van der Waals surface area contributed by atoms with E-state index in [1.165, 1.54) is 4.90 Å². The standard InChI is InChI=1S/C27H31F2N5O4/c1-16-10-20-19(6-8-23-21(20)12-31-34(23)25-4-2-3-9-37-25)26(33(16)15-24(28)29)22-7-5-17(11-30-22)38-18-13-32(14-18)27(35)36/h5-8,11-12,16,18,24-26H,2-4,9-10,13-15H2,1H3,(H,35,36)/t16-,25?,26+/m1/s1. The quantitative estimate of drug-likeness (QED) is 0.506. The number of carboxylic acid groups (broad SMARTS) is 1. The highest BCUT2D eigenvalue weighted by atomic mass is 19.3. The molecule has 6 rings (SSSR count). The summed E-state index contributed by atoms with van der Waals surface area (Å²) in [6.07, 6.45) is 3.44. The number of amides is 1. The summed E-state index contributed by atoms with van der Waals surface area (Å²) >= 11 is 0. The van der Waals surface area contributed by atoms with Gasteiger partial charge in [-0.05, 0) is 61.9 Å². The van der Waals surface area contributed by atoms with Gasteiger partial charge in [-0.2, -0.15) is 5.10 Å². The Morgan fingerprint density at radius 2 is 2.05 bits per heavy atom. The third-order valence-corrected chi connectivity index (χ3v) is 7.86. The molecule has 11 heteroatoms. The van der Waals surface area contributed by atoms with Crippen LogP contribution in [0.25, 0.3) is 10.9 Å². The lowest BCUT2D eigenvalue weighted by molar-refractivity contribution is -0.0366. The molecule has 1 N–H and O–H groups in total. The van der Waals surface area contributed by atoms with E-state index in [1.54, 1.807) is 12.3 Å². The number of hydrogen-bond donors (Lipinski definition) is 1. The number of nitrogens with zero attached hydrogens (tertiary/aromatic N) is 5. The largest absolute Gasteiger partial charge is 0.485 e. The van der Waals surface area contributed by atoms with Gasteiger partial charge in [0.05, 0.1) is 49.3 Å². The predicted octanol–water partition coefficient (Wildman–Crippen LogP) is 4.47. The molecule has 38 heavy (non-hydrogen) atoms. The van der Waals surface area contributed by atoms with E-state index in [1.807, 2.05) is 40.9 Å². The predicted molar refractivity (Wildman–Crippen MR) is 135 cm³/mol. The molecule has 2 aromatic heterocycles. The van der Waals surface area contributed by atoms with Gasteiger partial charge >= 0.3 is 6.09 Å². The minimum atomic E-state index is -2.48. The SMILES string of the molecule is C[C@@H]1Cc2c(ccc3c2cnn3C2CCCCO2)[C@@H](c2ccc(OC3CN(C(=O)O)C3)cn2)N1CC(F)F. The summed E-state index contributed by atoms with van der Waals surface area (Å²) in [5, 5.41) is 14.7. The van der Waals surface area contributed by atoms with Gasteiger partial charge < -0.3 is 19.5 Å². The van der Waals surface area contributed by atoms with Crippen molar-refractivity contribution in [1.82, 2.24) is 24.6 Å². The lowest BCUT2D eigenvalue weighted by Gasteiger charge is -2.42. The van der Waals surface area contributed by atoms with E-state index in [9.17, 15) is 13.6 Å². The molecule has 5 heterocycles. The number of hydrogen-bond acceptors (Lipinski definition) is 6. The van der Waals surface area contributed by atoms with Crippen LogP contribution in [-0.4, -0.2) is 80.6 Å². The fraction of sp³-hybridized carbons (Fsp3) is 0.519. The zero-order valence-electron chi connectivity index (χ0n) is 21.2. The molecule has 2 fully saturated rings. The van der Waals surface area contributed by atoms with Crippen LogP contribution < -0.4 is 4.74 Å². The van der Waals surface area contributed by atoms with Crippen molar-refractivity contribution in [2.45, 2.75) is 63.4 Å². The van der Waals surface area contributed by atoms with Gasteiger partial charge in [0.25, 0.3) is 6.43 Å². The summed E-state index contributed by atoms with van der Waals surface area (Å²) in [4.78, 5) is 18.7. The van der Waals surface area contributed by atoms with E-state index in [0.717, 1.165) is 47.9 Å². The van der Waals surface area contributed by atoms with Gasteiger partial charge in [0.15, 0.2) is 6.23 Å². The van der Waals surface area contributed by atoms with Crippen LogP contribution in [0.4, 0.5) is 13.6 Å². The molecule has 0 spiro atoms. The molecule has 3 aliphatic heterocycles. The van der Waals surface area contributed by atoms with Gasteiger partial charge in [-0.25, -0.2) is 18.3 Å². The number of alkyl halides is 2. The first kappa shape index (κ1) is 25.0. The minimum Gasteiger partial charge on any atom is -0.485 e. The van der Waals surface area contributed by atoms with Crippen LogP contribution in [0.5, 0.6) is 5.75 Å². The summed E-state index contributed by atoms with van der Waals surface area (Å²) < 4.78 is 41.2. The molecule has 0 bridgehead atoms. The number of aromatic nitrogens is 3. The highest BCUT2D eigenvalue weighted by molar-refractivity contribution is 5.84. The minimum absolute atomic E-state index is 0.0844. The molecular weight excluding hydrogens is 496 g/mol. The van der Waals surface area contributed by atoms with E-state index in [0.29, 0.717) is 31.0 Å². The summed E-state index contributed by atoms with van der Waals surface area (Å²) in [5.74, 6) is 0.525. The Morgan fingerprint density at radius 1 is 1.21 bits per heavy atom. The Morgan fingerprint density at radius 3 is 2.74 bits per heavy atom. The Bertz CT molecular complexity index is 1300. The number of carbonyl (C=O) groups is 1. The summed E-state index contributed by atoms with van der Waals surface area (Å²) in [5.41, 5.74) is 3.72. The number of ether oxygens (including phenoxy) is 2. The maximum atomic E-state index is 13.7. The van der Waals surface area contributed by atoms with Crippen LogP contribution in [0, 0.1) is 0 Å². The first-order valence-corrected chi connectivity index (χ1v) is 13.1. The molecule has 3 aromatic rings. The van der Waals surface area contributed by atoms with Crippen LogP contribution in [0.15, 0.2) is 36.7 Å². The maximum absolute atomic E-state index is 13.7. The Kier molecular flexibility index (Phi) is 6.65. The molecule has 2 saturated heterocycles. The molecule has 3 aliphatic rings. The zero-order chi connectivity index (χ0) is 26.4. The second-order valence-corrected chi connectivity index (χ2v) is 10.4. The second-order valence-electron chi connectivity index (χ2n) is 10.4. The van der Waals surface area contributed by atoms with E-state index in [4.69, 9.17) is 14.6 Å². The van der Waals surface area contributed by atoms with Gasteiger partial charge in [-0.3, -0.25) is 9.88 Å². The Balaban J connectivity index is 1.32. The highest BCUT2D eigenvalue weighted by Gasteiger charge is 2.37. The average Bonchev–Trinajstić information content (AvgIpc) is 3.32. The normalized spacial score (nSPS) is 24.4. The summed E-state index contributed by atoms with van der Waals surface area (Å²) in [7, 11) is 0. The Hall–Kier alpha value is -3.31. The number of pyridine rings is 1. The number of benzene rings is 1. The average molecular weight is 528 g/mol. The van der Waals surface area contributed by atoms with Gasteiger partial charge in [-0.15, -0.1) is 0 Å². The molecule has 1 aromatic carbocycles. The molecule has 202 valence electrons. The molecular formula is C27H31F2N5O4. The van der Waals surface area contributed by atoms with Crippen molar-refractivity contribution in [2.24, 2.45) is 0 Å². The fourth-order valence-electron chi connectivity index (χ4n) is 5.93. The van der Waals surface area contributed by atoms with Gasteiger partial charge in [0.2, 0.25) is 0 Å². The zero-order valence-corrected chi connectivity index (χ0v) is 21.2. The number of halogens is 2. The number of fused-ring (bicyclic) bond motifs is 3. The van der Waals surface area contributed by atoms with Crippen LogP contribution in [0.3, 0.4) is 0 Å². The molecule has 0 radical (unpaired) electrons. The fourth-order valence-corrected chi connectivity index (χ4v) is 5.93. The topological polar surface area (TPSA) is 93.0 Å². The number of likely N-dealkylation sites (tertiary alicyclic amines) is 1. The van der Waals surface area contributed by atoms with Crippen molar-refractivity contribution in [1.29, 1.82) is 0 Å². The van der Waals surface area contributed by atoms with E-state index < -0.39 is 18.6 Å². The van der Waals surface area contributed by atoms with Crippen LogP contribution in [-0.2, 0) is 11.2 Å². The molecule has 9 nitrogen and oxygen atoms in total. The van der Waals surface area contributed by atoms with Crippen molar-refractivity contribution < 1.29 is 28.2 Å². The second kappa shape index (κ2) is 10.1. The summed E-state index contributed by atoms with van der Waals surface area (Å²) in [6, 6.07) is 7.07. The lowest BCUT2D eigenvalue weighted by atomic mass is 9.85. The molecule has 1 unspecified atom stereocenters. The molecule has 0 aliphatic carbocycles. The third-order valence-electron chi connectivity index (χ3n) is 7.86. The van der Waals surface area contributed by atoms with Crippen molar-refractivity contribution in [3.63, 3.8) is 0 Å². The maximum Gasteiger partial charge on any atom is 0.407 e. The number of rotatable bonds is 6. The monoisotopic (exact) mass is 527 g/mol. The molecule has 0 saturated carbocycles. The Labute approximate surface area is 218 Å². The third kappa shape index (κ3) is 4.58. The van der Waals surface area contributed by atoms with Crippen molar-refractivity contribution in [2.75, 3.05) is 26.2 Å². The van der Waals surface area contributed by atoms with Crippen molar-refractivity contribution >= 4 is 17.0 Å². The van der Waals surface area contributed by atoms with Crippen LogP contribution in [0.2, 0.25) is 0 Å². The first-order chi connectivity index (χ1) is 18.4. The molecule has 3 atom stereocenters. The van der Waals surface area contributed by atoms with Crippen molar-refractivity contribution in [3.05, 3.63) is 53.5 Å². The van der Waals surface area contributed by atoms with Gasteiger partial charge in [-0.1, -0.05) is 6.07 Å². The van der Waals surface area contributed by atoms with Crippen LogP contribution >= 0.6 is 0 Å². The van der Waals surface area contributed by atoms with Gasteiger partial charge in [0, 0.05) is 18.0 Å². The summed E-state index contributed by atoms with van der Waals surface area (Å²) in [6.45, 7) is 2.97. The lowest BCUT2D eigenvalue weighted by Crippen LogP contribution is -2.55. The highest BCUT2D eigenvalue weighted by Crippen LogP contribution is 2.41. The van der Waals surface area contributed by atoms with Crippen LogP contribution in [0.1, 0.15) is 55.3 Å². The smallest absolute Gasteiger partial charge is 0.407 e. The van der Waals surface area contributed by atoms with Gasteiger partial charge in [0.1, 0.15) is 11.9 Å².